The molecule has 0 spiro atoms. The van der Waals surface area contributed by atoms with E-state index in [0.29, 0.717) is 28.6 Å². The fraction of sp³-hybridized carbons (Fsp3) is 0.222. The van der Waals surface area contributed by atoms with Crippen LogP contribution in [-0.4, -0.2) is 41.9 Å². The first-order valence-corrected chi connectivity index (χ1v) is 8.67. The second-order valence-electron chi connectivity index (χ2n) is 6.09. The fourth-order valence-electron chi connectivity index (χ4n) is 2.61. The van der Waals surface area contributed by atoms with Gasteiger partial charge in [-0.15, -0.1) is 5.10 Å². The average Bonchev–Trinajstić information content (AvgIpc) is 3.13. The van der Waals surface area contributed by atoms with Crippen LogP contribution in [0.5, 0.6) is 0 Å². The molecule has 1 atom stereocenters. The van der Waals surface area contributed by atoms with Crippen LogP contribution in [0.3, 0.4) is 0 Å². The molecule has 1 N–H and O–H groups in total. The van der Waals surface area contributed by atoms with Crippen molar-refractivity contribution < 1.29 is 13.5 Å². The number of hydrogen-bond acceptors (Lipinski definition) is 8. The molecule has 11 heteroatoms. The zero-order valence-corrected chi connectivity index (χ0v) is 15.3. The predicted octanol–water partition coefficient (Wildman–Crippen LogP) is 2.10. The first-order valence-electron chi connectivity index (χ1n) is 8.67. The Hall–Kier alpha value is -3.60. The minimum absolute atomic E-state index is 0.156. The van der Waals surface area contributed by atoms with Crippen LogP contribution in [0.2, 0.25) is 0 Å². The summed E-state index contributed by atoms with van der Waals surface area (Å²) >= 11 is 0. The molecule has 3 aromatic heterocycles. The number of rotatable bonds is 6. The van der Waals surface area contributed by atoms with Crippen molar-refractivity contribution in [1.29, 1.82) is 0 Å². The normalized spacial score (nSPS) is 16.0. The van der Waals surface area contributed by atoms with Gasteiger partial charge in [-0.05, 0) is 31.2 Å². The Bertz CT molecular complexity index is 1030. The lowest BCUT2D eigenvalue weighted by atomic mass is 10.2. The molecule has 1 aliphatic heterocycles. The smallest absolute Gasteiger partial charge is 0.265 e. The molecule has 4 heterocycles. The Morgan fingerprint density at radius 1 is 1.21 bits per heavy atom. The van der Waals surface area contributed by atoms with E-state index in [9.17, 15) is 8.78 Å². The number of nitrogens with one attached hydrogen (secondary N) is 1. The van der Waals surface area contributed by atoms with Gasteiger partial charge in [0.15, 0.2) is 12.0 Å². The van der Waals surface area contributed by atoms with Gasteiger partial charge in [-0.2, -0.15) is 9.78 Å². The van der Waals surface area contributed by atoms with Gasteiger partial charge in [0, 0.05) is 24.2 Å². The Labute approximate surface area is 164 Å². The lowest BCUT2D eigenvalue weighted by Crippen LogP contribution is -2.30. The highest BCUT2D eigenvalue weighted by molar-refractivity contribution is 6.07. The molecule has 0 aromatic carbocycles. The van der Waals surface area contributed by atoms with Crippen molar-refractivity contribution in [2.75, 3.05) is 0 Å². The van der Waals surface area contributed by atoms with Crippen LogP contribution >= 0.6 is 0 Å². The van der Waals surface area contributed by atoms with Crippen molar-refractivity contribution in [3.8, 4) is 5.82 Å². The van der Waals surface area contributed by atoms with Gasteiger partial charge in [-0.3, -0.25) is 15.4 Å². The quantitative estimate of drug-likeness (QED) is 0.678. The van der Waals surface area contributed by atoms with E-state index in [1.165, 1.54) is 16.8 Å². The van der Waals surface area contributed by atoms with E-state index < -0.39 is 12.7 Å². The maximum atomic E-state index is 12.7. The number of pyridine rings is 1. The first-order chi connectivity index (χ1) is 14.1. The SMILES string of the molecule is Cc1nnn(-c2ccc(C(F)F)cn2)c1COC1C=CC(c2cnccn2)=NN1. The van der Waals surface area contributed by atoms with Gasteiger partial charge in [-0.25, -0.2) is 13.8 Å². The summed E-state index contributed by atoms with van der Waals surface area (Å²) in [6.07, 6.45) is 6.47. The second kappa shape index (κ2) is 8.19. The van der Waals surface area contributed by atoms with Gasteiger partial charge in [0.1, 0.15) is 11.4 Å². The Kier molecular flexibility index (Phi) is 5.29. The molecule has 148 valence electrons. The van der Waals surface area contributed by atoms with E-state index in [2.05, 4.69) is 35.8 Å². The van der Waals surface area contributed by atoms with E-state index in [0.717, 1.165) is 6.20 Å². The van der Waals surface area contributed by atoms with Crippen LogP contribution in [-0.2, 0) is 11.3 Å². The van der Waals surface area contributed by atoms with E-state index in [4.69, 9.17) is 4.74 Å². The number of nitrogens with zero attached hydrogens (tertiary/aromatic N) is 7. The third kappa shape index (κ3) is 4.14. The van der Waals surface area contributed by atoms with Crippen molar-refractivity contribution in [2.24, 2.45) is 5.10 Å². The molecule has 0 fully saturated rings. The van der Waals surface area contributed by atoms with Crippen molar-refractivity contribution >= 4 is 5.71 Å². The Morgan fingerprint density at radius 2 is 2.10 bits per heavy atom. The Balaban J connectivity index is 1.43. The molecular weight excluding hydrogens is 382 g/mol. The molecule has 0 radical (unpaired) electrons. The lowest BCUT2D eigenvalue weighted by molar-refractivity contribution is 0.0464. The van der Waals surface area contributed by atoms with Gasteiger partial charge in [-0.1, -0.05) is 5.21 Å². The number of alkyl halides is 2. The van der Waals surface area contributed by atoms with Crippen molar-refractivity contribution in [3.05, 3.63) is 71.7 Å². The van der Waals surface area contributed by atoms with Gasteiger partial charge in [0.25, 0.3) is 6.43 Å². The first kappa shape index (κ1) is 18.7. The minimum atomic E-state index is -2.58. The van der Waals surface area contributed by atoms with Gasteiger partial charge in [0.2, 0.25) is 0 Å². The molecule has 0 bridgehead atoms. The highest BCUT2D eigenvalue weighted by Crippen LogP contribution is 2.19. The molecule has 29 heavy (non-hydrogen) atoms. The number of ether oxygens (including phenoxy) is 1. The standard InChI is InChI=1S/C18H16F2N8O/c1-11-15(28(27-24-11)16-4-2-12(8-23-16)18(19)20)10-29-17-5-3-13(25-26-17)14-9-21-6-7-22-14/h2-9,17-18,26H,10H2,1H3. The molecule has 9 nitrogen and oxygen atoms in total. The van der Waals surface area contributed by atoms with E-state index in [1.807, 2.05) is 0 Å². The van der Waals surface area contributed by atoms with Crippen LogP contribution < -0.4 is 5.43 Å². The predicted molar refractivity (Wildman–Crippen MR) is 98.3 cm³/mol. The van der Waals surface area contributed by atoms with Gasteiger partial charge < -0.3 is 4.74 Å². The number of aromatic nitrogens is 6. The van der Waals surface area contributed by atoms with E-state index >= 15 is 0 Å². The van der Waals surface area contributed by atoms with Crippen LogP contribution in [0.1, 0.15) is 29.1 Å². The molecule has 0 aliphatic carbocycles. The number of hydrogen-bond donors (Lipinski definition) is 1. The number of halogens is 2. The molecule has 3 aromatic rings. The molecule has 0 saturated carbocycles. The third-order valence-corrected chi connectivity index (χ3v) is 4.16. The maximum absolute atomic E-state index is 12.7. The lowest BCUT2D eigenvalue weighted by Gasteiger charge is -2.18. The molecule has 1 unspecified atom stereocenters. The highest BCUT2D eigenvalue weighted by atomic mass is 19.3. The summed E-state index contributed by atoms with van der Waals surface area (Å²) in [7, 11) is 0. The zero-order valence-electron chi connectivity index (χ0n) is 15.3. The third-order valence-electron chi connectivity index (χ3n) is 4.16. The number of aryl methyl sites for hydroxylation is 1. The van der Waals surface area contributed by atoms with Crippen LogP contribution in [0.15, 0.2) is 54.2 Å². The molecule has 1 aliphatic rings. The fourth-order valence-corrected chi connectivity index (χ4v) is 2.61. The highest BCUT2D eigenvalue weighted by Gasteiger charge is 2.17. The summed E-state index contributed by atoms with van der Waals surface area (Å²) in [5.41, 5.74) is 5.32. The van der Waals surface area contributed by atoms with Crippen molar-refractivity contribution in [3.63, 3.8) is 0 Å². The monoisotopic (exact) mass is 398 g/mol. The summed E-state index contributed by atoms with van der Waals surface area (Å²) < 4.78 is 32.7. The van der Waals surface area contributed by atoms with Crippen LogP contribution in [0, 0.1) is 6.92 Å². The van der Waals surface area contributed by atoms with Crippen molar-refractivity contribution in [1.82, 2.24) is 35.4 Å². The van der Waals surface area contributed by atoms with Crippen LogP contribution in [0.25, 0.3) is 5.82 Å². The van der Waals surface area contributed by atoms with Gasteiger partial charge >= 0.3 is 0 Å². The van der Waals surface area contributed by atoms with E-state index in [-0.39, 0.29) is 12.2 Å². The summed E-state index contributed by atoms with van der Waals surface area (Å²) in [4.78, 5) is 12.2. The number of hydrazone groups is 1. The second-order valence-corrected chi connectivity index (χ2v) is 6.09. The Morgan fingerprint density at radius 3 is 2.76 bits per heavy atom. The zero-order chi connectivity index (χ0) is 20.2. The number of allylic oxidation sites excluding steroid dienone is 1. The molecular formula is C18H16F2N8O. The maximum Gasteiger partial charge on any atom is 0.265 e. The summed E-state index contributed by atoms with van der Waals surface area (Å²) in [5.74, 6) is 0.378. The molecule has 4 rings (SSSR count). The molecule has 0 amide bonds. The topological polar surface area (TPSA) is 103 Å². The summed E-state index contributed by atoms with van der Waals surface area (Å²) in [6, 6.07) is 2.78. The van der Waals surface area contributed by atoms with E-state index in [1.54, 1.807) is 37.7 Å². The van der Waals surface area contributed by atoms with Crippen LogP contribution in [0.4, 0.5) is 8.78 Å². The average molecular weight is 398 g/mol. The minimum Gasteiger partial charge on any atom is -0.347 e. The summed E-state index contributed by atoms with van der Waals surface area (Å²) in [6.45, 7) is 1.94. The van der Waals surface area contributed by atoms with Crippen molar-refractivity contribution in [2.45, 2.75) is 26.2 Å². The van der Waals surface area contributed by atoms with Gasteiger partial charge in [0.05, 0.1) is 24.2 Å². The molecule has 0 saturated heterocycles. The largest absolute Gasteiger partial charge is 0.347 e. The summed E-state index contributed by atoms with van der Waals surface area (Å²) in [5, 5.41) is 12.3.